The summed E-state index contributed by atoms with van der Waals surface area (Å²) in [5.74, 6) is -0.0399. The van der Waals surface area contributed by atoms with Gasteiger partial charge in [-0.05, 0) is 51.8 Å². The molecule has 0 spiro atoms. The summed E-state index contributed by atoms with van der Waals surface area (Å²) in [5.41, 5.74) is 12.3. The highest BCUT2D eigenvalue weighted by Gasteiger charge is 2.13. The number of primary amides is 1. The third-order valence-corrected chi connectivity index (χ3v) is 6.39. The van der Waals surface area contributed by atoms with Crippen molar-refractivity contribution < 1.29 is 9.90 Å². The topological polar surface area (TPSA) is 162 Å². The number of aromatic hydroxyl groups is 1. The van der Waals surface area contributed by atoms with E-state index in [-0.39, 0.29) is 29.8 Å². The van der Waals surface area contributed by atoms with E-state index in [1.807, 2.05) is 12.1 Å². The molecule has 0 aliphatic heterocycles. The van der Waals surface area contributed by atoms with Crippen LogP contribution in [-0.2, 0) is 11.2 Å². The highest BCUT2D eigenvalue weighted by molar-refractivity contribution is 5.73. The van der Waals surface area contributed by atoms with Gasteiger partial charge in [0.05, 0.1) is 0 Å². The molecule has 0 saturated heterocycles. The minimum absolute atomic E-state index is 0.0161. The van der Waals surface area contributed by atoms with E-state index in [0.717, 1.165) is 51.3 Å². The fourth-order valence-electron chi connectivity index (χ4n) is 3.81. The molecule has 1 aromatic carbocycles. The van der Waals surface area contributed by atoms with Crippen LogP contribution in [0.1, 0.15) is 39.7 Å². The second kappa shape index (κ2) is 19.9. The first kappa shape index (κ1) is 34.0. The molecular weight excluding hydrogens is 480 g/mol. The maximum Gasteiger partial charge on any atom is 0.218 e. The van der Waals surface area contributed by atoms with Gasteiger partial charge >= 0.3 is 0 Å². The van der Waals surface area contributed by atoms with Crippen molar-refractivity contribution in [2.75, 3.05) is 45.8 Å². The first-order valence-corrected chi connectivity index (χ1v) is 13.9. The number of hydrogen-bond acceptors (Lipinski definition) is 9. The number of nitrogens with two attached hydrogens (primary N) is 2. The summed E-state index contributed by atoms with van der Waals surface area (Å²) < 4.78 is 0. The number of carbonyl (C=O) groups excluding carboxylic acids is 1. The van der Waals surface area contributed by atoms with E-state index in [4.69, 9.17) is 11.5 Å². The van der Waals surface area contributed by atoms with Crippen molar-refractivity contribution >= 4 is 5.91 Å². The standard InChI is InChI=1S/C28H54N8O2/c1-6-25(29)18-35-22(4)16-33-20(2)14-32-21(3)15-34-23(5)17-36-26(19-31-12-11-28(30)38)13-24-7-9-27(37)10-8-24/h6-10,20-23,25-26,31-37H,1,11-19,29H2,2-5H3,(H2,30,38)/t20-,21-,22-,23-,25-,26-/m0/s1. The van der Waals surface area contributed by atoms with Gasteiger partial charge in [-0.3, -0.25) is 4.79 Å². The summed E-state index contributed by atoms with van der Waals surface area (Å²) in [4.78, 5) is 11.0. The summed E-state index contributed by atoms with van der Waals surface area (Å²) >= 11 is 0. The van der Waals surface area contributed by atoms with Gasteiger partial charge in [0.15, 0.2) is 0 Å². The maximum atomic E-state index is 11.0. The van der Waals surface area contributed by atoms with E-state index in [1.165, 1.54) is 0 Å². The number of benzene rings is 1. The summed E-state index contributed by atoms with van der Waals surface area (Å²) in [6.45, 7) is 17.9. The number of phenolic OH excluding ortho intramolecular Hbond substituents is 1. The molecule has 10 heteroatoms. The Bertz CT molecular complexity index is 764. The molecule has 218 valence electrons. The molecule has 38 heavy (non-hydrogen) atoms. The molecule has 0 heterocycles. The van der Waals surface area contributed by atoms with E-state index in [1.54, 1.807) is 18.2 Å². The molecule has 0 saturated carbocycles. The molecule has 0 bridgehead atoms. The van der Waals surface area contributed by atoms with Crippen LogP contribution in [0.4, 0.5) is 0 Å². The summed E-state index contributed by atoms with van der Waals surface area (Å²) in [6.07, 6.45) is 2.90. The van der Waals surface area contributed by atoms with Gasteiger partial charge < -0.3 is 48.5 Å². The molecule has 10 nitrogen and oxygen atoms in total. The predicted octanol–water partition coefficient (Wildman–Crippen LogP) is -0.216. The Morgan fingerprint density at radius 3 is 1.79 bits per heavy atom. The van der Waals surface area contributed by atoms with Crippen molar-refractivity contribution in [3.63, 3.8) is 0 Å². The zero-order chi connectivity index (χ0) is 28.3. The molecule has 1 aromatic rings. The molecule has 0 aromatic heterocycles. The Morgan fingerprint density at radius 2 is 1.32 bits per heavy atom. The summed E-state index contributed by atoms with van der Waals surface area (Å²) in [7, 11) is 0. The Morgan fingerprint density at radius 1 is 0.842 bits per heavy atom. The Labute approximate surface area is 230 Å². The van der Waals surface area contributed by atoms with E-state index >= 15 is 0 Å². The monoisotopic (exact) mass is 534 g/mol. The van der Waals surface area contributed by atoms with Crippen molar-refractivity contribution in [2.45, 2.75) is 76.8 Å². The number of phenols is 1. The highest BCUT2D eigenvalue weighted by atomic mass is 16.3. The minimum Gasteiger partial charge on any atom is -0.508 e. The number of nitrogens with one attached hydrogen (secondary N) is 6. The lowest BCUT2D eigenvalue weighted by molar-refractivity contribution is -0.117. The predicted molar refractivity (Wildman–Crippen MR) is 158 cm³/mol. The van der Waals surface area contributed by atoms with Crippen molar-refractivity contribution in [3.05, 3.63) is 42.5 Å². The van der Waals surface area contributed by atoms with Crippen LogP contribution in [-0.4, -0.2) is 93.1 Å². The van der Waals surface area contributed by atoms with Crippen LogP contribution in [0.25, 0.3) is 0 Å². The van der Waals surface area contributed by atoms with Crippen molar-refractivity contribution in [2.24, 2.45) is 11.5 Å². The lowest BCUT2D eigenvalue weighted by Crippen LogP contribution is -2.50. The molecule has 6 atom stereocenters. The van der Waals surface area contributed by atoms with Gasteiger partial charge in [0.2, 0.25) is 5.91 Å². The van der Waals surface area contributed by atoms with Gasteiger partial charge in [-0.25, -0.2) is 0 Å². The normalized spacial score (nSPS) is 16.3. The van der Waals surface area contributed by atoms with E-state index in [0.29, 0.717) is 31.1 Å². The molecule has 0 fully saturated rings. The Hall–Kier alpha value is -2.05. The Balaban J connectivity index is 2.32. The molecule has 11 N–H and O–H groups in total. The molecule has 0 unspecified atom stereocenters. The molecule has 1 rings (SSSR count). The SMILES string of the molecule is C=C[C@H](N)CN[C@@H](C)CN[C@@H](C)CN[C@@H](C)CN[C@@H](C)CN[C@H](CNCCC(N)=O)Cc1ccc(O)cc1. The maximum absolute atomic E-state index is 11.0. The smallest absolute Gasteiger partial charge is 0.218 e. The first-order chi connectivity index (χ1) is 18.1. The van der Waals surface area contributed by atoms with Crippen LogP contribution in [0.5, 0.6) is 5.75 Å². The number of hydrogen-bond donors (Lipinski definition) is 9. The average Bonchev–Trinajstić information content (AvgIpc) is 2.89. The molecule has 0 aliphatic rings. The Kier molecular flexibility index (Phi) is 17.8. The first-order valence-electron chi connectivity index (χ1n) is 13.9. The third kappa shape index (κ3) is 17.5. The fraction of sp³-hybridized carbons (Fsp3) is 0.679. The number of rotatable bonds is 23. The third-order valence-electron chi connectivity index (χ3n) is 6.39. The quantitative estimate of drug-likeness (QED) is 0.0683. The van der Waals surface area contributed by atoms with Crippen LogP contribution in [0.3, 0.4) is 0 Å². The lowest BCUT2D eigenvalue weighted by Gasteiger charge is -2.25. The number of amides is 1. The number of carbonyl (C=O) groups is 1. The van der Waals surface area contributed by atoms with Gasteiger partial charge in [-0.15, -0.1) is 6.58 Å². The second-order valence-corrected chi connectivity index (χ2v) is 10.5. The van der Waals surface area contributed by atoms with Crippen LogP contribution in [0.15, 0.2) is 36.9 Å². The summed E-state index contributed by atoms with van der Waals surface area (Å²) in [5, 5.41) is 30.7. The van der Waals surface area contributed by atoms with Crippen LogP contribution in [0, 0.1) is 0 Å². The van der Waals surface area contributed by atoms with Gasteiger partial charge in [0.25, 0.3) is 0 Å². The zero-order valence-corrected chi connectivity index (χ0v) is 23.9. The largest absolute Gasteiger partial charge is 0.508 e. The van der Waals surface area contributed by atoms with Crippen LogP contribution < -0.4 is 43.4 Å². The molecular formula is C28H54N8O2. The molecule has 0 radical (unpaired) electrons. The van der Waals surface area contributed by atoms with Crippen molar-refractivity contribution in [1.29, 1.82) is 0 Å². The summed E-state index contributed by atoms with van der Waals surface area (Å²) in [6, 6.07) is 8.79. The average molecular weight is 535 g/mol. The van der Waals surface area contributed by atoms with Crippen LogP contribution >= 0.6 is 0 Å². The van der Waals surface area contributed by atoms with Gasteiger partial charge in [-0.1, -0.05) is 18.2 Å². The van der Waals surface area contributed by atoms with Gasteiger partial charge in [0, 0.05) is 88.5 Å². The highest BCUT2D eigenvalue weighted by Crippen LogP contribution is 2.11. The second-order valence-electron chi connectivity index (χ2n) is 10.5. The van der Waals surface area contributed by atoms with E-state index < -0.39 is 0 Å². The van der Waals surface area contributed by atoms with Crippen LogP contribution in [0.2, 0.25) is 0 Å². The van der Waals surface area contributed by atoms with Gasteiger partial charge in [-0.2, -0.15) is 0 Å². The fourth-order valence-corrected chi connectivity index (χ4v) is 3.81. The van der Waals surface area contributed by atoms with E-state index in [2.05, 4.69) is 66.2 Å². The van der Waals surface area contributed by atoms with Gasteiger partial charge in [0.1, 0.15) is 5.75 Å². The molecule has 0 aliphatic carbocycles. The zero-order valence-electron chi connectivity index (χ0n) is 23.9. The lowest BCUT2D eigenvalue weighted by atomic mass is 10.1. The van der Waals surface area contributed by atoms with Crippen molar-refractivity contribution in [1.82, 2.24) is 31.9 Å². The molecule has 1 amide bonds. The minimum atomic E-state index is -0.303. The van der Waals surface area contributed by atoms with E-state index in [9.17, 15) is 9.90 Å². The van der Waals surface area contributed by atoms with Crippen molar-refractivity contribution in [3.8, 4) is 5.75 Å².